The molecule has 2 nitrogen and oxygen atoms in total. The van der Waals surface area contributed by atoms with E-state index in [0.29, 0.717) is 0 Å². The summed E-state index contributed by atoms with van der Waals surface area (Å²) in [6.45, 7) is 2.23. The molecular weight excluding hydrogens is 312 g/mol. The maximum atomic E-state index is 10.8. The van der Waals surface area contributed by atoms with Crippen LogP contribution in [0.3, 0.4) is 0 Å². The lowest BCUT2D eigenvalue weighted by Gasteiger charge is -2.06. The summed E-state index contributed by atoms with van der Waals surface area (Å²) in [5, 5.41) is 8.90. The number of aliphatic carboxylic acids is 1. The van der Waals surface area contributed by atoms with Crippen molar-refractivity contribution in [1.82, 2.24) is 0 Å². The van der Waals surface area contributed by atoms with Gasteiger partial charge in [0.15, 0.2) is 0 Å². The highest BCUT2D eigenvalue weighted by atomic mass is 32.2. The van der Waals surface area contributed by atoms with Crippen molar-refractivity contribution in [1.29, 1.82) is 0 Å². The first-order chi connectivity index (χ1) is 10.7. The number of carbonyl (C=O) groups is 1. The predicted octanol–water partition coefficient (Wildman–Crippen LogP) is 5.91. The molecule has 0 aliphatic heterocycles. The van der Waals surface area contributed by atoms with Crippen LogP contribution in [0.5, 0.6) is 0 Å². The monoisotopic (exact) mass is 342 g/mol. The van der Waals surface area contributed by atoms with Crippen LogP contribution in [0.25, 0.3) is 0 Å². The molecule has 0 spiro atoms. The van der Waals surface area contributed by atoms with Crippen molar-refractivity contribution in [3.63, 3.8) is 0 Å². The van der Waals surface area contributed by atoms with Gasteiger partial charge in [0.05, 0.1) is 0 Å². The Morgan fingerprint density at radius 3 is 2.14 bits per heavy atom. The number of carboxylic acids is 1. The number of carboxylic acid groups (broad SMARTS) is 1. The zero-order valence-corrected chi connectivity index (χ0v) is 15.5. The summed E-state index contributed by atoms with van der Waals surface area (Å²) in [6.07, 6.45) is 23.0. The average molecular weight is 343 g/mol. The van der Waals surface area contributed by atoms with Gasteiger partial charge in [0, 0.05) is 0 Å². The fourth-order valence-electron chi connectivity index (χ4n) is 1.77. The molecular formula is C18H30O2S2. The highest BCUT2D eigenvalue weighted by molar-refractivity contribution is 8.17. The second-order valence-electron chi connectivity index (χ2n) is 4.95. The van der Waals surface area contributed by atoms with Crippen LogP contribution in [0.4, 0.5) is 0 Å². The molecule has 22 heavy (non-hydrogen) atoms. The molecule has 1 unspecified atom stereocenters. The molecule has 126 valence electrons. The van der Waals surface area contributed by atoms with Gasteiger partial charge < -0.3 is 5.11 Å². The van der Waals surface area contributed by atoms with Crippen LogP contribution in [0.1, 0.15) is 51.9 Å². The van der Waals surface area contributed by atoms with Crippen molar-refractivity contribution in [2.45, 2.75) is 56.5 Å². The number of unbranched alkanes of at least 4 members (excludes halogenated alkanes) is 3. The molecule has 0 aromatic rings. The van der Waals surface area contributed by atoms with Gasteiger partial charge in [-0.2, -0.15) is 0 Å². The maximum Gasteiger partial charge on any atom is 0.326 e. The first-order valence-corrected chi connectivity index (χ1v) is 10.4. The molecule has 0 fully saturated rings. The summed E-state index contributed by atoms with van der Waals surface area (Å²) in [4.78, 5) is 10.8. The van der Waals surface area contributed by atoms with Gasteiger partial charge in [0.25, 0.3) is 0 Å². The molecule has 0 amide bonds. The summed E-state index contributed by atoms with van der Waals surface area (Å²) < 4.78 is -0.336. The molecule has 0 saturated carbocycles. The minimum atomic E-state index is -0.729. The number of hydrogen-bond donors (Lipinski definition) is 1. The molecule has 0 saturated heterocycles. The van der Waals surface area contributed by atoms with Gasteiger partial charge in [-0.05, 0) is 44.1 Å². The lowest BCUT2D eigenvalue weighted by atomic mass is 10.2. The van der Waals surface area contributed by atoms with Crippen LogP contribution >= 0.6 is 23.5 Å². The van der Waals surface area contributed by atoms with Crippen molar-refractivity contribution >= 4 is 29.5 Å². The molecule has 4 heteroatoms. The van der Waals surface area contributed by atoms with E-state index in [9.17, 15) is 4.79 Å². The Bertz CT molecular complexity index is 349. The van der Waals surface area contributed by atoms with E-state index in [4.69, 9.17) is 5.11 Å². The van der Waals surface area contributed by atoms with Crippen molar-refractivity contribution in [3.05, 3.63) is 36.5 Å². The summed E-state index contributed by atoms with van der Waals surface area (Å²) in [5.41, 5.74) is 0. The van der Waals surface area contributed by atoms with E-state index in [-0.39, 0.29) is 4.58 Å². The number of allylic oxidation sites excluding steroid dienone is 6. The molecule has 0 rings (SSSR count). The van der Waals surface area contributed by atoms with Crippen LogP contribution in [-0.2, 0) is 4.79 Å². The van der Waals surface area contributed by atoms with Crippen molar-refractivity contribution < 1.29 is 9.90 Å². The molecule has 1 N–H and O–H groups in total. The zero-order valence-electron chi connectivity index (χ0n) is 13.9. The molecule has 0 heterocycles. The van der Waals surface area contributed by atoms with E-state index >= 15 is 0 Å². The van der Waals surface area contributed by atoms with E-state index in [1.165, 1.54) is 49.2 Å². The van der Waals surface area contributed by atoms with E-state index < -0.39 is 5.97 Å². The average Bonchev–Trinajstić information content (AvgIpc) is 2.51. The largest absolute Gasteiger partial charge is 0.480 e. The van der Waals surface area contributed by atoms with Crippen LogP contribution in [0, 0.1) is 0 Å². The smallest absolute Gasteiger partial charge is 0.326 e. The third-order valence-electron chi connectivity index (χ3n) is 2.99. The van der Waals surface area contributed by atoms with Crippen LogP contribution in [-0.4, -0.2) is 27.7 Å². The van der Waals surface area contributed by atoms with Gasteiger partial charge >= 0.3 is 5.97 Å². The lowest BCUT2D eigenvalue weighted by molar-refractivity contribution is -0.134. The van der Waals surface area contributed by atoms with Gasteiger partial charge in [0.1, 0.15) is 4.58 Å². The first kappa shape index (κ1) is 21.4. The Balaban J connectivity index is 3.50. The van der Waals surface area contributed by atoms with Crippen LogP contribution < -0.4 is 0 Å². The van der Waals surface area contributed by atoms with E-state index in [2.05, 4.69) is 43.4 Å². The maximum absolute atomic E-state index is 10.8. The molecule has 0 aromatic heterocycles. The SMILES string of the molecule is CCCCC/C=C\C/C=C\C/C=C\CCSC(SC)C(=O)O. The van der Waals surface area contributed by atoms with Gasteiger partial charge in [-0.25, -0.2) is 0 Å². The van der Waals surface area contributed by atoms with Crippen molar-refractivity contribution in [2.24, 2.45) is 0 Å². The fraction of sp³-hybridized carbons (Fsp3) is 0.611. The Hall–Kier alpha value is -0.610. The minimum Gasteiger partial charge on any atom is -0.480 e. The van der Waals surface area contributed by atoms with E-state index in [1.54, 1.807) is 0 Å². The second kappa shape index (κ2) is 16.8. The normalized spacial score (nSPS) is 13.5. The topological polar surface area (TPSA) is 37.3 Å². The van der Waals surface area contributed by atoms with Gasteiger partial charge in [0.2, 0.25) is 0 Å². The van der Waals surface area contributed by atoms with Crippen molar-refractivity contribution in [3.8, 4) is 0 Å². The molecule has 0 aliphatic carbocycles. The summed E-state index contributed by atoms with van der Waals surface area (Å²) in [7, 11) is 0. The third-order valence-corrected chi connectivity index (χ3v) is 5.58. The Morgan fingerprint density at radius 2 is 1.59 bits per heavy atom. The Kier molecular flexibility index (Phi) is 16.3. The summed E-state index contributed by atoms with van der Waals surface area (Å²) in [6, 6.07) is 0. The highest BCUT2D eigenvalue weighted by Gasteiger charge is 2.14. The molecule has 0 aliphatic rings. The van der Waals surface area contributed by atoms with Gasteiger partial charge in [-0.3, -0.25) is 4.79 Å². The minimum absolute atomic E-state index is 0.336. The highest BCUT2D eigenvalue weighted by Crippen LogP contribution is 2.22. The van der Waals surface area contributed by atoms with Gasteiger partial charge in [-0.1, -0.05) is 56.2 Å². The van der Waals surface area contributed by atoms with E-state index in [1.807, 2.05) is 6.26 Å². The Morgan fingerprint density at radius 1 is 1.00 bits per heavy atom. The Labute approximate surface area is 144 Å². The van der Waals surface area contributed by atoms with Crippen LogP contribution in [0.2, 0.25) is 0 Å². The third kappa shape index (κ3) is 14.3. The van der Waals surface area contributed by atoms with Crippen molar-refractivity contribution in [2.75, 3.05) is 12.0 Å². The molecule has 0 radical (unpaired) electrons. The molecule has 1 atom stereocenters. The fourth-order valence-corrected chi connectivity index (χ4v) is 3.44. The second-order valence-corrected chi connectivity index (χ2v) is 7.40. The predicted molar refractivity (Wildman–Crippen MR) is 103 cm³/mol. The summed E-state index contributed by atoms with van der Waals surface area (Å²) >= 11 is 2.88. The summed E-state index contributed by atoms with van der Waals surface area (Å²) in [5.74, 6) is 0.130. The zero-order chi connectivity index (χ0) is 16.5. The lowest BCUT2D eigenvalue weighted by Crippen LogP contribution is -2.11. The number of rotatable bonds is 14. The van der Waals surface area contributed by atoms with Crippen LogP contribution in [0.15, 0.2) is 36.5 Å². The first-order valence-electron chi connectivity index (χ1n) is 8.04. The quantitative estimate of drug-likeness (QED) is 0.242. The standard InChI is InChI=1S/C18H30O2S2/c1-3-4-5-6-7-8-9-10-11-12-13-14-15-16-22-18(21-2)17(19)20/h7-8,10-11,13-14,18H,3-6,9,12,15-16H2,1-2H3,(H,19,20)/b8-7-,11-10-,14-13-. The molecule has 0 aromatic carbocycles. The number of hydrogen-bond acceptors (Lipinski definition) is 3. The van der Waals surface area contributed by atoms with E-state index in [0.717, 1.165) is 25.0 Å². The molecule has 0 bridgehead atoms. The number of thioether (sulfide) groups is 2. The van der Waals surface area contributed by atoms with Gasteiger partial charge in [-0.15, -0.1) is 23.5 Å².